The van der Waals surface area contributed by atoms with Gasteiger partial charge in [0, 0.05) is 30.9 Å². The van der Waals surface area contributed by atoms with E-state index in [2.05, 4.69) is 14.4 Å². The van der Waals surface area contributed by atoms with Crippen LogP contribution < -0.4 is 18.4 Å². The van der Waals surface area contributed by atoms with Crippen LogP contribution in [0.15, 0.2) is 46.6 Å². The summed E-state index contributed by atoms with van der Waals surface area (Å²) in [5.74, 6) is 0.478. The Kier molecular flexibility index (Phi) is 7.05. The number of aromatic nitrogens is 1. The zero-order valence-corrected chi connectivity index (χ0v) is 18.8. The van der Waals surface area contributed by atoms with Gasteiger partial charge in [-0.05, 0) is 47.6 Å². The zero-order valence-electron chi connectivity index (χ0n) is 17.2. The Morgan fingerprint density at radius 1 is 1.23 bits per heavy atom. The number of benzene rings is 2. The van der Waals surface area contributed by atoms with Crippen molar-refractivity contribution in [3.63, 3.8) is 0 Å². The molecule has 0 saturated carbocycles. The van der Waals surface area contributed by atoms with Gasteiger partial charge in [-0.15, -0.1) is 0 Å². The Balaban J connectivity index is 2.00. The van der Waals surface area contributed by atoms with Gasteiger partial charge in [0.05, 0.1) is 30.6 Å². The highest BCUT2D eigenvalue weighted by Crippen LogP contribution is 2.35. The molecule has 31 heavy (non-hydrogen) atoms. The SMILES string of the molecule is CCN(CCO)c1ccc(N=Nc2sc3cc(OC)ccc3[n+]2C)c(OS(=O)(=O)[O-])c1. The number of aryl methyl sites for hydroxylation is 1. The van der Waals surface area contributed by atoms with Crippen molar-refractivity contribution in [2.45, 2.75) is 6.92 Å². The summed E-state index contributed by atoms with van der Waals surface area (Å²) in [7, 11) is -1.60. The van der Waals surface area contributed by atoms with Gasteiger partial charge < -0.3 is 23.5 Å². The number of fused-ring (bicyclic) bond motifs is 1. The number of thiazole rings is 1. The zero-order chi connectivity index (χ0) is 22.6. The van der Waals surface area contributed by atoms with Crippen molar-refractivity contribution in [3.8, 4) is 11.5 Å². The molecule has 1 aromatic heterocycles. The Morgan fingerprint density at radius 2 is 2.00 bits per heavy atom. The summed E-state index contributed by atoms with van der Waals surface area (Å²) in [4.78, 5) is 1.80. The molecule has 0 atom stereocenters. The van der Waals surface area contributed by atoms with E-state index in [-0.39, 0.29) is 18.0 Å². The average Bonchev–Trinajstić information content (AvgIpc) is 3.04. The second-order valence-electron chi connectivity index (χ2n) is 6.42. The quantitative estimate of drug-likeness (QED) is 0.222. The van der Waals surface area contributed by atoms with E-state index in [1.165, 1.54) is 23.5 Å². The minimum absolute atomic E-state index is 0.0817. The van der Waals surface area contributed by atoms with Crippen LogP contribution in [0, 0.1) is 0 Å². The first-order valence-electron chi connectivity index (χ1n) is 9.29. The molecule has 0 aliphatic rings. The Hall–Kier alpha value is -2.80. The molecule has 0 bridgehead atoms. The fraction of sp³-hybridized carbons (Fsp3) is 0.316. The van der Waals surface area contributed by atoms with Crippen LogP contribution in [-0.2, 0) is 17.4 Å². The van der Waals surface area contributed by atoms with Crippen LogP contribution in [0.25, 0.3) is 10.2 Å². The van der Waals surface area contributed by atoms with Gasteiger partial charge in [-0.25, -0.2) is 13.0 Å². The molecule has 3 aromatic rings. The molecular weight excluding hydrogens is 444 g/mol. The third-order valence-corrected chi connectivity index (χ3v) is 5.98. The second kappa shape index (κ2) is 9.56. The molecule has 1 N–H and O–H groups in total. The minimum Gasteiger partial charge on any atom is -0.716 e. The highest BCUT2D eigenvalue weighted by Gasteiger charge is 2.18. The van der Waals surface area contributed by atoms with Crippen LogP contribution in [0.3, 0.4) is 0 Å². The molecule has 166 valence electrons. The summed E-state index contributed by atoms with van der Waals surface area (Å²) in [5.41, 5.74) is 1.59. The number of hydrogen-bond donors (Lipinski definition) is 1. The van der Waals surface area contributed by atoms with E-state index in [0.717, 1.165) is 10.2 Å². The summed E-state index contributed by atoms with van der Waals surface area (Å²) < 4.78 is 46.3. The van der Waals surface area contributed by atoms with Gasteiger partial charge in [0.2, 0.25) is 0 Å². The Bertz CT molecular complexity index is 1210. The molecule has 0 amide bonds. The minimum atomic E-state index is -5.02. The number of nitrogens with zero attached hydrogens (tertiary/aromatic N) is 4. The molecule has 0 radical (unpaired) electrons. The van der Waals surface area contributed by atoms with Gasteiger partial charge in [0.25, 0.3) is 10.4 Å². The molecule has 0 spiro atoms. The highest BCUT2D eigenvalue weighted by molar-refractivity contribution is 7.81. The van der Waals surface area contributed by atoms with Gasteiger partial charge >= 0.3 is 5.13 Å². The number of ether oxygens (including phenoxy) is 1. The van der Waals surface area contributed by atoms with Crippen molar-refractivity contribution >= 4 is 48.5 Å². The largest absolute Gasteiger partial charge is 0.716 e. The van der Waals surface area contributed by atoms with Crippen LogP contribution in [0.5, 0.6) is 11.5 Å². The molecule has 10 nitrogen and oxygen atoms in total. The maximum absolute atomic E-state index is 11.2. The molecular formula is C19H22N4O6S2. The molecule has 0 aliphatic carbocycles. The molecule has 1 heterocycles. The van der Waals surface area contributed by atoms with Gasteiger partial charge in [0.1, 0.15) is 11.3 Å². The number of anilines is 1. The molecule has 2 aromatic carbocycles. The number of likely N-dealkylation sites (N-methyl/N-ethyl adjacent to an activating group) is 1. The summed E-state index contributed by atoms with van der Waals surface area (Å²) in [6.07, 6.45) is 0. The van der Waals surface area contributed by atoms with E-state index in [1.807, 2.05) is 36.7 Å². The lowest BCUT2D eigenvalue weighted by molar-refractivity contribution is -0.627. The van der Waals surface area contributed by atoms with Gasteiger partial charge in [0.15, 0.2) is 11.4 Å². The van der Waals surface area contributed by atoms with Crippen LogP contribution >= 0.6 is 11.3 Å². The molecule has 0 unspecified atom stereocenters. The lowest BCUT2D eigenvalue weighted by atomic mass is 10.2. The molecule has 3 rings (SSSR count). The third kappa shape index (κ3) is 5.47. The van der Waals surface area contributed by atoms with Crippen LogP contribution in [0.4, 0.5) is 16.5 Å². The number of aliphatic hydroxyl groups is 1. The molecule has 12 heteroatoms. The summed E-state index contributed by atoms with van der Waals surface area (Å²) in [6, 6.07) is 10.2. The lowest BCUT2D eigenvalue weighted by Crippen LogP contribution is -2.26. The number of methoxy groups -OCH3 is 1. The van der Waals surface area contributed by atoms with E-state index in [1.54, 1.807) is 18.1 Å². The summed E-state index contributed by atoms with van der Waals surface area (Å²) in [5, 5.41) is 18.1. The Morgan fingerprint density at radius 3 is 2.65 bits per heavy atom. The predicted molar refractivity (Wildman–Crippen MR) is 115 cm³/mol. The normalized spacial score (nSPS) is 11.9. The van der Waals surface area contributed by atoms with E-state index in [9.17, 15) is 18.1 Å². The first kappa shape index (κ1) is 22.9. The van der Waals surface area contributed by atoms with Gasteiger partial charge in [-0.3, -0.25) is 0 Å². The van der Waals surface area contributed by atoms with E-state index in [0.29, 0.717) is 29.7 Å². The highest BCUT2D eigenvalue weighted by atomic mass is 32.3. The predicted octanol–water partition coefficient (Wildman–Crippen LogP) is 2.81. The molecule has 0 fully saturated rings. The number of azo groups is 1. The number of aliphatic hydroxyl groups excluding tert-OH is 1. The van der Waals surface area contributed by atoms with E-state index in [4.69, 9.17) is 4.74 Å². The van der Waals surface area contributed by atoms with Crippen LogP contribution in [0.2, 0.25) is 0 Å². The van der Waals surface area contributed by atoms with Crippen molar-refractivity contribution in [1.82, 2.24) is 0 Å². The third-order valence-electron chi connectivity index (χ3n) is 4.51. The monoisotopic (exact) mass is 466 g/mol. The van der Waals surface area contributed by atoms with Crippen LogP contribution in [-0.4, -0.2) is 44.9 Å². The summed E-state index contributed by atoms with van der Waals surface area (Å²) in [6.45, 7) is 2.69. The fourth-order valence-electron chi connectivity index (χ4n) is 2.98. The van der Waals surface area contributed by atoms with Gasteiger partial charge in [-0.2, -0.15) is 0 Å². The fourth-order valence-corrected chi connectivity index (χ4v) is 4.34. The molecule has 0 saturated heterocycles. The first-order valence-corrected chi connectivity index (χ1v) is 11.4. The Labute approximate surface area is 183 Å². The first-order chi connectivity index (χ1) is 14.8. The van der Waals surface area contributed by atoms with Crippen molar-refractivity contribution in [3.05, 3.63) is 36.4 Å². The van der Waals surface area contributed by atoms with E-state index < -0.39 is 10.4 Å². The van der Waals surface area contributed by atoms with E-state index >= 15 is 0 Å². The molecule has 0 aliphatic heterocycles. The van der Waals surface area contributed by atoms with Crippen molar-refractivity contribution in [2.24, 2.45) is 17.3 Å². The van der Waals surface area contributed by atoms with Crippen molar-refractivity contribution < 1.29 is 31.6 Å². The topological polar surface area (TPSA) is 128 Å². The van der Waals surface area contributed by atoms with Crippen molar-refractivity contribution in [2.75, 3.05) is 31.7 Å². The average molecular weight is 467 g/mol. The van der Waals surface area contributed by atoms with Crippen molar-refractivity contribution in [1.29, 1.82) is 0 Å². The maximum Gasteiger partial charge on any atom is 0.409 e. The maximum atomic E-state index is 11.2. The second-order valence-corrected chi connectivity index (χ2v) is 8.42. The lowest BCUT2D eigenvalue weighted by Gasteiger charge is -2.22. The van der Waals surface area contributed by atoms with Gasteiger partial charge in [-0.1, -0.05) is 0 Å². The number of rotatable bonds is 9. The standard InChI is InChI=1S/C19H22N4O6S2/c1-4-23(9-10-24)13-5-7-15(17(11-13)29-31(25,26)27)20-21-19-22(2)16-8-6-14(28-3)12-18(16)30-19/h5-8,11-12,24H,4,9-10H2,1-3H3. The number of hydrogen-bond acceptors (Lipinski definition) is 10. The van der Waals surface area contributed by atoms with Crippen LogP contribution in [0.1, 0.15) is 6.92 Å². The summed E-state index contributed by atoms with van der Waals surface area (Å²) >= 11 is 1.38. The smallest absolute Gasteiger partial charge is 0.409 e.